The number of fused-ring (bicyclic) bond motifs is 1. The first-order valence-corrected chi connectivity index (χ1v) is 5.28. The third kappa shape index (κ3) is 1.86. The Morgan fingerprint density at radius 3 is 2.75 bits per heavy atom. The average molecular weight is 283 g/mol. The average Bonchev–Trinajstić information content (AvgIpc) is 2.24. The Morgan fingerprint density at radius 2 is 2.06 bits per heavy atom. The number of hydrogen-bond donors (Lipinski definition) is 0. The van der Waals surface area contributed by atoms with E-state index in [0.29, 0.717) is 11.0 Å². The minimum Gasteiger partial charge on any atom is -0.424 e. The molecule has 0 spiro atoms. The number of hydrogen-bond acceptors (Lipinski definition) is 4. The lowest BCUT2D eigenvalue weighted by atomic mass is 10.2. The molecule has 0 N–H and O–H groups in total. The molecule has 0 unspecified atom stereocenters. The van der Waals surface area contributed by atoms with Gasteiger partial charge in [-0.15, -0.1) is 0 Å². The molecule has 5 heteroatoms. The molecular weight excluding hydrogens is 276 g/mol. The zero-order chi connectivity index (χ0) is 11.7. The molecule has 2 aromatic rings. The van der Waals surface area contributed by atoms with Crippen molar-refractivity contribution < 1.29 is 13.9 Å². The third-order valence-electron chi connectivity index (χ3n) is 1.96. The molecule has 1 aromatic heterocycles. The molecule has 0 amide bonds. The Labute approximate surface area is 99.0 Å². The SMILES string of the molecule is CC(=O)Oc1c(Br)c(=O)oc2ccccc12. The molecule has 82 valence electrons. The minimum absolute atomic E-state index is 0.112. The first kappa shape index (κ1) is 10.9. The lowest BCUT2D eigenvalue weighted by Crippen LogP contribution is -2.08. The summed E-state index contributed by atoms with van der Waals surface area (Å²) in [5.74, 6) is -0.296. The predicted molar refractivity (Wildman–Crippen MR) is 61.5 cm³/mol. The van der Waals surface area contributed by atoms with Crippen molar-refractivity contribution in [1.29, 1.82) is 0 Å². The van der Waals surface area contributed by atoms with Crippen molar-refractivity contribution in [2.75, 3.05) is 0 Å². The molecular formula is C11H7BrO4. The number of carbonyl (C=O) groups excluding carboxylic acids is 1. The van der Waals surface area contributed by atoms with E-state index in [4.69, 9.17) is 9.15 Å². The van der Waals surface area contributed by atoms with Crippen molar-refractivity contribution in [2.45, 2.75) is 6.92 Å². The third-order valence-corrected chi connectivity index (χ3v) is 2.64. The summed E-state index contributed by atoms with van der Waals surface area (Å²) in [5, 5.41) is 0.573. The van der Waals surface area contributed by atoms with E-state index in [1.165, 1.54) is 6.92 Å². The zero-order valence-electron chi connectivity index (χ0n) is 8.32. The van der Waals surface area contributed by atoms with Gasteiger partial charge in [-0.1, -0.05) is 12.1 Å². The van der Waals surface area contributed by atoms with E-state index in [9.17, 15) is 9.59 Å². The second-order valence-corrected chi connectivity index (χ2v) is 3.92. The van der Waals surface area contributed by atoms with Gasteiger partial charge in [0.15, 0.2) is 5.75 Å². The van der Waals surface area contributed by atoms with E-state index in [2.05, 4.69) is 15.9 Å². The van der Waals surface area contributed by atoms with Gasteiger partial charge < -0.3 is 9.15 Å². The lowest BCUT2D eigenvalue weighted by molar-refractivity contribution is -0.131. The van der Waals surface area contributed by atoms with Crippen molar-refractivity contribution in [1.82, 2.24) is 0 Å². The fourth-order valence-electron chi connectivity index (χ4n) is 1.34. The molecule has 0 aliphatic heterocycles. The van der Waals surface area contributed by atoms with Crippen molar-refractivity contribution >= 4 is 32.9 Å². The van der Waals surface area contributed by atoms with Gasteiger partial charge in [-0.2, -0.15) is 0 Å². The number of halogens is 1. The minimum atomic E-state index is -0.574. The second-order valence-electron chi connectivity index (χ2n) is 3.12. The van der Waals surface area contributed by atoms with E-state index in [0.717, 1.165) is 0 Å². The summed E-state index contributed by atoms with van der Waals surface area (Å²) in [7, 11) is 0. The van der Waals surface area contributed by atoms with Crippen LogP contribution >= 0.6 is 15.9 Å². The number of ether oxygens (including phenoxy) is 1. The van der Waals surface area contributed by atoms with Gasteiger partial charge in [-0.3, -0.25) is 4.79 Å². The Bertz CT molecular complexity index is 615. The maximum atomic E-state index is 11.4. The summed E-state index contributed by atoms with van der Waals surface area (Å²) in [4.78, 5) is 22.4. The smallest absolute Gasteiger partial charge is 0.354 e. The quantitative estimate of drug-likeness (QED) is 0.596. The highest BCUT2D eigenvalue weighted by Crippen LogP contribution is 2.30. The van der Waals surface area contributed by atoms with Crippen LogP contribution in [0.5, 0.6) is 5.75 Å². The highest BCUT2D eigenvalue weighted by Gasteiger charge is 2.14. The van der Waals surface area contributed by atoms with Gasteiger partial charge in [0.05, 0.1) is 5.39 Å². The number of esters is 1. The number of carbonyl (C=O) groups is 1. The van der Waals surface area contributed by atoms with Crippen LogP contribution in [0.3, 0.4) is 0 Å². The van der Waals surface area contributed by atoms with Crippen LogP contribution in [0.25, 0.3) is 11.0 Å². The van der Waals surface area contributed by atoms with E-state index in [1.807, 2.05) is 0 Å². The monoisotopic (exact) mass is 282 g/mol. The van der Waals surface area contributed by atoms with Crippen LogP contribution in [0.15, 0.2) is 37.9 Å². The Kier molecular flexibility index (Phi) is 2.78. The molecule has 16 heavy (non-hydrogen) atoms. The van der Waals surface area contributed by atoms with Gasteiger partial charge in [-0.25, -0.2) is 4.79 Å². The van der Waals surface area contributed by atoms with Crippen LogP contribution in [-0.4, -0.2) is 5.97 Å². The molecule has 0 aliphatic rings. The first-order chi connectivity index (χ1) is 7.59. The Hall–Kier alpha value is -1.62. The van der Waals surface area contributed by atoms with E-state index in [1.54, 1.807) is 24.3 Å². The van der Waals surface area contributed by atoms with Crippen molar-refractivity contribution in [2.24, 2.45) is 0 Å². The standard InChI is InChI=1S/C11H7BrO4/c1-6(13)15-10-7-4-2-3-5-8(7)16-11(14)9(10)12/h2-5H,1H3. The summed E-state index contributed by atoms with van der Waals surface area (Å²) in [5.41, 5.74) is -0.193. The van der Waals surface area contributed by atoms with Gasteiger partial charge in [0.1, 0.15) is 10.1 Å². The molecule has 0 saturated heterocycles. The van der Waals surface area contributed by atoms with Gasteiger partial charge in [0.2, 0.25) is 0 Å². The maximum Gasteiger partial charge on any atom is 0.354 e. The molecule has 0 bridgehead atoms. The molecule has 4 nitrogen and oxygen atoms in total. The summed E-state index contributed by atoms with van der Waals surface area (Å²) >= 11 is 3.05. The fourth-order valence-corrected chi connectivity index (χ4v) is 1.72. The molecule has 0 fully saturated rings. The van der Waals surface area contributed by atoms with Gasteiger partial charge in [0.25, 0.3) is 0 Å². The number of benzene rings is 1. The summed E-state index contributed by atoms with van der Waals surface area (Å²) in [6.45, 7) is 1.27. The molecule has 0 aliphatic carbocycles. The summed E-state index contributed by atoms with van der Waals surface area (Å²) in [6, 6.07) is 6.84. The van der Waals surface area contributed by atoms with Crippen molar-refractivity contribution in [3.05, 3.63) is 39.2 Å². The van der Waals surface area contributed by atoms with Gasteiger partial charge in [0, 0.05) is 6.92 Å². The van der Waals surface area contributed by atoms with Crippen LogP contribution in [0, 0.1) is 0 Å². The molecule has 0 radical (unpaired) electrons. The highest BCUT2D eigenvalue weighted by atomic mass is 79.9. The molecule has 2 rings (SSSR count). The zero-order valence-corrected chi connectivity index (χ0v) is 9.91. The molecule has 1 heterocycles. The predicted octanol–water partition coefficient (Wildman–Crippen LogP) is 2.48. The second kappa shape index (κ2) is 4.09. The normalized spacial score (nSPS) is 10.4. The summed E-state index contributed by atoms with van der Waals surface area (Å²) in [6.07, 6.45) is 0. The molecule has 1 aromatic carbocycles. The van der Waals surface area contributed by atoms with Crippen LogP contribution in [-0.2, 0) is 4.79 Å². The molecule has 0 saturated carbocycles. The Balaban J connectivity index is 2.81. The van der Waals surface area contributed by atoms with E-state index in [-0.39, 0.29) is 10.2 Å². The van der Waals surface area contributed by atoms with Crippen molar-refractivity contribution in [3.8, 4) is 5.75 Å². The van der Waals surface area contributed by atoms with Crippen LogP contribution < -0.4 is 10.4 Å². The lowest BCUT2D eigenvalue weighted by Gasteiger charge is -2.06. The molecule has 0 atom stereocenters. The largest absolute Gasteiger partial charge is 0.424 e. The van der Waals surface area contributed by atoms with E-state index < -0.39 is 11.6 Å². The van der Waals surface area contributed by atoms with E-state index >= 15 is 0 Å². The van der Waals surface area contributed by atoms with Crippen LogP contribution in [0.4, 0.5) is 0 Å². The topological polar surface area (TPSA) is 56.5 Å². The van der Waals surface area contributed by atoms with Crippen LogP contribution in [0.1, 0.15) is 6.92 Å². The highest BCUT2D eigenvalue weighted by molar-refractivity contribution is 9.10. The fraction of sp³-hybridized carbons (Fsp3) is 0.0909. The first-order valence-electron chi connectivity index (χ1n) is 4.49. The van der Waals surface area contributed by atoms with Gasteiger partial charge >= 0.3 is 11.6 Å². The van der Waals surface area contributed by atoms with Gasteiger partial charge in [-0.05, 0) is 28.1 Å². The Morgan fingerprint density at radius 1 is 1.38 bits per heavy atom. The maximum absolute atomic E-state index is 11.4. The van der Waals surface area contributed by atoms with Crippen molar-refractivity contribution in [3.63, 3.8) is 0 Å². The van der Waals surface area contributed by atoms with Crippen LogP contribution in [0.2, 0.25) is 0 Å². The summed E-state index contributed by atoms with van der Waals surface area (Å²) < 4.78 is 10.1. The number of para-hydroxylation sites is 1. The number of rotatable bonds is 1.